The van der Waals surface area contributed by atoms with Crippen molar-refractivity contribution in [3.05, 3.63) is 53.6 Å². The molecule has 1 spiro atoms. The van der Waals surface area contributed by atoms with E-state index in [0.29, 0.717) is 24.7 Å². The molecule has 0 bridgehead atoms. The molecule has 1 N–H and O–H groups in total. The number of phenolic OH excluding ortho intramolecular Hbond substituents is 1. The van der Waals surface area contributed by atoms with Gasteiger partial charge in [0.05, 0.1) is 13.2 Å². The quantitative estimate of drug-likeness (QED) is 0.412. The summed E-state index contributed by atoms with van der Waals surface area (Å²) in [4.78, 5) is 2.22. The van der Waals surface area contributed by atoms with Crippen LogP contribution in [0.2, 0.25) is 0 Å². The van der Waals surface area contributed by atoms with E-state index in [9.17, 15) is 5.11 Å². The Hall–Kier alpha value is -2.80. The van der Waals surface area contributed by atoms with Gasteiger partial charge in [0, 0.05) is 31.0 Å². The lowest BCUT2D eigenvalue weighted by molar-refractivity contribution is -0.195. The van der Waals surface area contributed by atoms with Crippen LogP contribution in [-0.2, 0) is 14.9 Å². The van der Waals surface area contributed by atoms with Crippen molar-refractivity contribution in [3.8, 4) is 28.4 Å². The number of nitrogens with zero attached hydrogens (tertiary/aromatic N) is 1. The third-order valence-electron chi connectivity index (χ3n) is 9.29. The van der Waals surface area contributed by atoms with Crippen LogP contribution in [0.3, 0.4) is 0 Å². The van der Waals surface area contributed by atoms with Crippen LogP contribution in [0.5, 0.6) is 17.2 Å². The predicted octanol–water partition coefficient (Wildman–Crippen LogP) is 6.45. The molecule has 7 rings (SSSR count). The number of fused-ring (bicyclic) bond motifs is 8. The highest BCUT2D eigenvalue weighted by Crippen LogP contribution is 2.65. The first-order chi connectivity index (χ1) is 18.6. The molecule has 6 heteroatoms. The zero-order chi connectivity index (χ0) is 27.2. The van der Waals surface area contributed by atoms with Gasteiger partial charge in [-0.2, -0.15) is 0 Å². The Morgan fingerprint density at radius 1 is 0.846 bits per heavy atom. The Morgan fingerprint density at radius 3 is 2.23 bits per heavy atom. The van der Waals surface area contributed by atoms with E-state index in [1.165, 1.54) is 28.7 Å². The number of benzene rings is 3. The summed E-state index contributed by atoms with van der Waals surface area (Å²) in [5.41, 5.74) is 5.31. The monoisotopic (exact) mass is 529 g/mol. The molecule has 2 atom stereocenters. The maximum Gasteiger partial charge on any atom is 0.251 e. The summed E-state index contributed by atoms with van der Waals surface area (Å²) in [5, 5.41) is 13.3. The SMILES string of the molecule is COC1Oc2cc3c(O)cc4c(c3cc2OC1N1CCOCC1)-c1ccccc1C41CC(C)(C)CC(C)(C)C1. The number of hydrogen-bond donors (Lipinski definition) is 1. The van der Waals surface area contributed by atoms with Crippen molar-refractivity contribution in [2.75, 3.05) is 33.4 Å². The lowest BCUT2D eigenvalue weighted by Gasteiger charge is -2.51. The lowest BCUT2D eigenvalue weighted by Crippen LogP contribution is -2.55. The Kier molecular flexibility index (Phi) is 5.55. The molecule has 0 aromatic heterocycles. The molecule has 6 nitrogen and oxygen atoms in total. The van der Waals surface area contributed by atoms with E-state index < -0.39 is 6.29 Å². The molecule has 2 aliphatic carbocycles. The molecule has 206 valence electrons. The molecule has 39 heavy (non-hydrogen) atoms. The molecule has 1 saturated carbocycles. The van der Waals surface area contributed by atoms with Crippen molar-refractivity contribution in [3.63, 3.8) is 0 Å². The Balaban J connectivity index is 1.43. The minimum atomic E-state index is -0.569. The Labute approximate surface area is 230 Å². The van der Waals surface area contributed by atoms with E-state index >= 15 is 0 Å². The third-order valence-corrected chi connectivity index (χ3v) is 9.29. The summed E-state index contributed by atoms with van der Waals surface area (Å²) in [7, 11) is 1.64. The maximum atomic E-state index is 11.5. The number of methoxy groups -OCH3 is 1. The van der Waals surface area contributed by atoms with Gasteiger partial charge >= 0.3 is 0 Å². The summed E-state index contributed by atoms with van der Waals surface area (Å²) in [5.74, 6) is 1.56. The van der Waals surface area contributed by atoms with E-state index in [4.69, 9.17) is 18.9 Å². The fourth-order valence-corrected chi connectivity index (χ4v) is 8.64. The highest BCUT2D eigenvalue weighted by molar-refractivity contribution is 6.06. The second-order valence-electron chi connectivity index (χ2n) is 13.5. The molecule has 2 fully saturated rings. The highest BCUT2D eigenvalue weighted by atomic mass is 16.7. The molecular formula is C33H39NO5. The summed E-state index contributed by atoms with van der Waals surface area (Å²) in [6.07, 6.45) is 2.35. The van der Waals surface area contributed by atoms with Crippen LogP contribution >= 0.6 is 0 Å². The molecule has 2 heterocycles. The van der Waals surface area contributed by atoms with Gasteiger partial charge in [0.1, 0.15) is 5.75 Å². The standard InChI is InChI=1S/C33H39NO5/c1-31(2)17-32(3,4)19-33(18-31)23-9-7-6-8-20(23)28-22-15-26-27(14-21(22)25(35)16-24(28)33)39-30(36-5)29(38-26)34-10-12-37-13-11-34/h6-9,14-16,29-30,35H,10-13,17-19H2,1-5H3. The minimum Gasteiger partial charge on any atom is -0.507 e. The molecule has 2 aliphatic heterocycles. The van der Waals surface area contributed by atoms with Gasteiger partial charge in [-0.1, -0.05) is 52.0 Å². The second kappa shape index (κ2) is 8.60. The van der Waals surface area contributed by atoms with E-state index in [1.54, 1.807) is 7.11 Å². The van der Waals surface area contributed by atoms with Gasteiger partial charge in [-0.3, -0.25) is 4.90 Å². The summed E-state index contributed by atoms with van der Waals surface area (Å²) < 4.78 is 24.2. The van der Waals surface area contributed by atoms with Gasteiger partial charge in [-0.25, -0.2) is 0 Å². The predicted molar refractivity (Wildman–Crippen MR) is 151 cm³/mol. The fourth-order valence-electron chi connectivity index (χ4n) is 8.64. The maximum absolute atomic E-state index is 11.5. The number of hydrogen-bond acceptors (Lipinski definition) is 6. The lowest BCUT2D eigenvalue weighted by atomic mass is 9.52. The van der Waals surface area contributed by atoms with Crippen molar-refractivity contribution in [2.24, 2.45) is 10.8 Å². The summed E-state index contributed by atoms with van der Waals surface area (Å²) in [6, 6.07) is 14.9. The van der Waals surface area contributed by atoms with Gasteiger partial charge in [0.2, 0.25) is 6.23 Å². The van der Waals surface area contributed by atoms with E-state index in [-0.39, 0.29) is 28.2 Å². The molecule has 0 amide bonds. The van der Waals surface area contributed by atoms with Gasteiger partial charge in [-0.05, 0) is 75.9 Å². The summed E-state index contributed by atoms with van der Waals surface area (Å²) in [6.45, 7) is 12.4. The minimum absolute atomic E-state index is 0.145. The van der Waals surface area contributed by atoms with Crippen molar-refractivity contribution in [2.45, 2.75) is 64.9 Å². The van der Waals surface area contributed by atoms with Gasteiger partial charge in [0.25, 0.3) is 6.29 Å². The smallest absolute Gasteiger partial charge is 0.251 e. The first-order valence-electron chi connectivity index (χ1n) is 14.2. The van der Waals surface area contributed by atoms with Crippen LogP contribution in [0, 0.1) is 10.8 Å². The molecular weight excluding hydrogens is 490 g/mol. The largest absolute Gasteiger partial charge is 0.507 e. The summed E-state index contributed by atoms with van der Waals surface area (Å²) >= 11 is 0. The zero-order valence-electron chi connectivity index (χ0n) is 23.7. The Morgan fingerprint density at radius 2 is 1.51 bits per heavy atom. The molecule has 0 radical (unpaired) electrons. The van der Waals surface area contributed by atoms with Crippen molar-refractivity contribution < 1.29 is 24.1 Å². The molecule has 2 unspecified atom stereocenters. The van der Waals surface area contributed by atoms with Crippen molar-refractivity contribution >= 4 is 10.8 Å². The van der Waals surface area contributed by atoms with Crippen LogP contribution < -0.4 is 9.47 Å². The number of rotatable bonds is 2. The number of phenols is 1. The van der Waals surface area contributed by atoms with E-state index in [2.05, 4.69) is 62.9 Å². The molecule has 1 saturated heterocycles. The van der Waals surface area contributed by atoms with Gasteiger partial charge in [-0.15, -0.1) is 0 Å². The van der Waals surface area contributed by atoms with Gasteiger partial charge in [0.15, 0.2) is 11.5 Å². The Bertz CT molecular complexity index is 1440. The van der Waals surface area contributed by atoms with Crippen LogP contribution in [0.25, 0.3) is 21.9 Å². The van der Waals surface area contributed by atoms with E-state index in [1.807, 2.05) is 12.1 Å². The molecule has 3 aromatic carbocycles. The van der Waals surface area contributed by atoms with Crippen molar-refractivity contribution in [1.29, 1.82) is 0 Å². The highest BCUT2D eigenvalue weighted by Gasteiger charge is 2.53. The average Bonchev–Trinajstić information content (AvgIpc) is 3.14. The van der Waals surface area contributed by atoms with Crippen molar-refractivity contribution in [1.82, 2.24) is 4.90 Å². The number of ether oxygens (including phenoxy) is 4. The van der Waals surface area contributed by atoms with E-state index in [0.717, 1.165) is 36.7 Å². The molecule has 4 aliphatic rings. The topological polar surface area (TPSA) is 60.4 Å². The first-order valence-corrected chi connectivity index (χ1v) is 14.2. The molecule has 3 aromatic rings. The van der Waals surface area contributed by atoms with Crippen LogP contribution in [0.4, 0.5) is 0 Å². The average molecular weight is 530 g/mol. The van der Waals surface area contributed by atoms with Gasteiger partial charge < -0.3 is 24.1 Å². The first kappa shape index (κ1) is 25.2. The van der Waals surface area contributed by atoms with Crippen LogP contribution in [0.1, 0.15) is 58.1 Å². The number of morpholine rings is 1. The number of aromatic hydroxyl groups is 1. The zero-order valence-corrected chi connectivity index (χ0v) is 23.7. The van der Waals surface area contributed by atoms with Crippen LogP contribution in [-0.4, -0.2) is 55.9 Å². The second-order valence-corrected chi connectivity index (χ2v) is 13.5. The normalized spacial score (nSPS) is 26.4. The fraction of sp³-hybridized carbons (Fsp3) is 0.515. The van der Waals surface area contributed by atoms with Crippen LogP contribution in [0.15, 0.2) is 42.5 Å². The third kappa shape index (κ3) is 3.86.